The second-order valence-corrected chi connectivity index (χ2v) is 5.62. The summed E-state index contributed by atoms with van der Waals surface area (Å²) in [4.78, 5) is 18.2. The van der Waals surface area contributed by atoms with Crippen LogP contribution in [0.1, 0.15) is 11.3 Å². The molecule has 2 aromatic heterocycles. The predicted octanol–water partition coefficient (Wildman–Crippen LogP) is 1.81. The zero-order valence-corrected chi connectivity index (χ0v) is 13.8. The van der Waals surface area contributed by atoms with Gasteiger partial charge in [0.15, 0.2) is 0 Å². The number of rotatable bonds is 7. The van der Waals surface area contributed by atoms with Crippen molar-refractivity contribution in [3.63, 3.8) is 0 Å². The lowest BCUT2D eigenvalue weighted by atomic mass is 10.1. The molecule has 0 saturated carbocycles. The summed E-state index contributed by atoms with van der Waals surface area (Å²) in [6.07, 6.45) is 1.75. The zero-order chi connectivity index (χ0) is 17.6. The lowest BCUT2D eigenvalue weighted by Crippen LogP contribution is -2.23. The minimum Gasteiger partial charge on any atom is -0.354 e. The van der Waals surface area contributed by atoms with Gasteiger partial charge in [-0.3, -0.25) is 14.9 Å². The van der Waals surface area contributed by atoms with Gasteiger partial charge in [0.1, 0.15) is 5.82 Å². The SMILES string of the molecule is Cc1cc(=O)[nH]c(NCCNCc2cn[nH]c2-c2ccc(F)cc2)n1. The Morgan fingerprint density at radius 2 is 2.00 bits per heavy atom. The van der Waals surface area contributed by atoms with Gasteiger partial charge in [-0.2, -0.15) is 5.10 Å². The lowest BCUT2D eigenvalue weighted by Gasteiger charge is -2.08. The Kier molecular flexibility index (Phi) is 5.20. The fraction of sp³-hybridized carbons (Fsp3) is 0.235. The van der Waals surface area contributed by atoms with E-state index in [0.29, 0.717) is 31.3 Å². The van der Waals surface area contributed by atoms with Gasteiger partial charge < -0.3 is 10.6 Å². The normalized spacial score (nSPS) is 10.8. The highest BCUT2D eigenvalue weighted by atomic mass is 19.1. The Bertz CT molecular complexity index is 887. The minimum atomic E-state index is -0.267. The van der Waals surface area contributed by atoms with Crippen molar-refractivity contribution in [2.75, 3.05) is 18.4 Å². The van der Waals surface area contributed by atoms with Crippen LogP contribution in [0.4, 0.5) is 10.3 Å². The van der Waals surface area contributed by atoms with E-state index in [4.69, 9.17) is 0 Å². The average Bonchev–Trinajstić information content (AvgIpc) is 3.03. The molecule has 0 unspecified atom stereocenters. The predicted molar refractivity (Wildman–Crippen MR) is 93.8 cm³/mol. The van der Waals surface area contributed by atoms with E-state index in [0.717, 1.165) is 16.8 Å². The monoisotopic (exact) mass is 342 g/mol. The molecule has 1 aromatic carbocycles. The number of anilines is 1. The quantitative estimate of drug-likeness (QED) is 0.491. The number of nitrogens with zero attached hydrogens (tertiary/aromatic N) is 2. The molecular weight excluding hydrogens is 323 g/mol. The van der Waals surface area contributed by atoms with Crippen molar-refractivity contribution < 1.29 is 4.39 Å². The highest BCUT2D eigenvalue weighted by molar-refractivity contribution is 5.62. The summed E-state index contributed by atoms with van der Waals surface area (Å²) in [5, 5.41) is 13.4. The topological polar surface area (TPSA) is 98.5 Å². The lowest BCUT2D eigenvalue weighted by molar-refractivity contribution is 0.628. The molecule has 0 aliphatic rings. The molecular formula is C17H19FN6O. The van der Waals surface area contributed by atoms with Crippen LogP contribution in [0, 0.1) is 12.7 Å². The molecule has 0 aliphatic carbocycles. The van der Waals surface area contributed by atoms with Crippen LogP contribution in [0.5, 0.6) is 0 Å². The van der Waals surface area contributed by atoms with Gasteiger partial charge in [-0.25, -0.2) is 9.37 Å². The highest BCUT2D eigenvalue weighted by Crippen LogP contribution is 2.21. The number of aromatic nitrogens is 4. The Morgan fingerprint density at radius 1 is 1.20 bits per heavy atom. The van der Waals surface area contributed by atoms with Crippen LogP contribution < -0.4 is 16.2 Å². The second kappa shape index (κ2) is 7.71. The van der Waals surface area contributed by atoms with E-state index < -0.39 is 0 Å². The van der Waals surface area contributed by atoms with Crippen molar-refractivity contribution in [2.24, 2.45) is 0 Å². The summed E-state index contributed by atoms with van der Waals surface area (Å²) >= 11 is 0. The molecule has 7 nitrogen and oxygen atoms in total. The van der Waals surface area contributed by atoms with Crippen molar-refractivity contribution in [1.29, 1.82) is 0 Å². The van der Waals surface area contributed by atoms with Crippen molar-refractivity contribution >= 4 is 5.95 Å². The fourth-order valence-electron chi connectivity index (χ4n) is 2.47. The van der Waals surface area contributed by atoms with Crippen LogP contribution >= 0.6 is 0 Å². The van der Waals surface area contributed by atoms with E-state index in [-0.39, 0.29) is 11.4 Å². The molecule has 4 N–H and O–H groups in total. The third kappa shape index (κ3) is 4.51. The van der Waals surface area contributed by atoms with Gasteiger partial charge in [-0.15, -0.1) is 0 Å². The Morgan fingerprint density at radius 3 is 2.76 bits per heavy atom. The van der Waals surface area contributed by atoms with E-state index in [1.165, 1.54) is 18.2 Å². The van der Waals surface area contributed by atoms with Gasteiger partial charge in [0.25, 0.3) is 5.56 Å². The maximum absolute atomic E-state index is 13.0. The average molecular weight is 342 g/mol. The molecule has 0 aliphatic heterocycles. The number of nitrogens with one attached hydrogen (secondary N) is 4. The van der Waals surface area contributed by atoms with Crippen LogP contribution in [-0.2, 0) is 6.54 Å². The number of aromatic amines is 2. The molecule has 0 atom stereocenters. The highest BCUT2D eigenvalue weighted by Gasteiger charge is 2.07. The van der Waals surface area contributed by atoms with Crippen molar-refractivity contribution in [2.45, 2.75) is 13.5 Å². The van der Waals surface area contributed by atoms with Gasteiger partial charge in [0.05, 0.1) is 11.9 Å². The smallest absolute Gasteiger partial charge is 0.252 e. The molecule has 130 valence electrons. The summed E-state index contributed by atoms with van der Waals surface area (Å²) in [6, 6.07) is 7.72. The third-order valence-electron chi connectivity index (χ3n) is 3.63. The molecule has 0 amide bonds. The van der Waals surface area contributed by atoms with Gasteiger partial charge in [0, 0.05) is 42.5 Å². The van der Waals surface area contributed by atoms with Crippen molar-refractivity contribution in [3.8, 4) is 11.3 Å². The number of aryl methyl sites for hydroxylation is 1. The molecule has 8 heteroatoms. The fourth-order valence-corrected chi connectivity index (χ4v) is 2.47. The molecule has 0 saturated heterocycles. The third-order valence-corrected chi connectivity index (χ3v) is 3.63. The Hall–Kier alpha value is -3.00. The number of halogens is 1. The summed E-state index contributed by atoms with van der Waals surface area (Å²) in [7, 11) is 0. The van der Waals surface area contributed by atoms with Gasteiger partial charge in [0.2, 0.25) is 5.95 Å². The van der Waals surface area contributed by atoms with Crippen molar-refractivity contribution in [3.05, 3.63) is 64.0 Å². The Labute approximate surface area is 143 Å². The molecule has 3 rings (SSSR count). The summed E-state index contributed by atoms with van der Waals surface area (Å²) < 4.78 is 13.0. The summed E-state index contributed by atoms with van der Waals surface area (Å²) in [6.45, 7) is 3.67. The largest absolute Gasteiger partial charge is 0.354 e. The van der Waals surface area contributed by atoms with Crippen LogP contribution in [-0.4, -0.2) is 33.3 Å². The van der Waals surface area contributed by atoms with Gasteiger partial charge in [-0.05, 0) is 31.2 Å². The molecule has 25 heavy (non-hydrogen) atoms. The van der Waals surface area contributed by atoms with Gasteiger partial charge in [-0.1, -0.05) is 0 Å². The number of H-pyrrole nitrogens is 2. The number of benzene rings is 1. The summed E-state index contributed by atoms with van der Waals surface area (Å²) in [5.74, 6) is 0.193. The number of hydrogen-bond acceptors (Lipinski definition) is 5. The van der Waals surface area contributed by atoms with E-state index >= 15 is 0 Å². The molecule has 0 radical (unpaired) electrons. The first-order valence-corrected chi connectivity index (χ1v) is 7.92. The molecule has 2 heterocycles. The van der Waals surface area contributed by atoms with E-state index in [9.17, 15) is 9.18 Å². The molecule has 0 spiro atoms. The summed E-state index contributed by atoms with van der Waals surface area (Å²) in [5.41, 5.74) is 3.24. The van der Waals surface area contributed by atoms with E-state index in [1.807, 2.05) is 0 Å². The maximum Gasteiger partial charge on any atom is 0.252 e. The maximum atomic E-state index is 13.0. The number of hydrogen-bond donors (Lipinski definition) is 4. The molecule has 0 fully saturated rings. The van der Waals surface area contributed by atoms with E-state index in [1.54, 1.807) is 25.3 Å². The first-order chi connectivity index (χ1) is 12.1. The second-order valence-electron chi connectivity index (χ2n) is 5.62. The van der Waals surface area contributed by atoms with Crippen LogP contribution in [0.15, 0.2) is 41.3 Å². The van der Waals surface area contributed by atoms with Crippen LogP contribution in [0.25, 0.3) is 11.3 Å². The van der Waals surface area contributed by atoms with Crippen LogP contribution in [0.2, 0.25) is 0 Å². The first-order valence-electron chi connectivity index (χ1n) is 7.92. The first kappa shape index (κ1) is 16.8. The standard InChI is InChI=1S/C17H19FN6O/c1-11-8-15(25)23-17(22-11)20-7-6-19-9-13-10-21-24-16(13)12-2-4-14(18)5-3-12/h2-5,8,10,19H,6-7,9H2,1H3,(H,21,24)(H2,20,22,23,25). The Balaban J connectivity index is 1.51. The molecule has 0 bridgehead atoms. The zero-order valence-electron chi connectivity index (χ0n) is 13.8. The minimum absolute atomic E-state index is 0.176. The molecule has 3 aromatic rings. The van der Waals surface area contributed by atoms with E-state index in [2.05, 4.69) is 30.8 Å². The van der Waals surface area contributed by atoms with Crippen LogP contribution in [0.3, 0.4) is 0 Å². The van der Waals surface area contributed by atoms with Gasteiger partial charge >= 0.3 is 0 Å². The van der Waals surface area contributed by atoms with Crippen molar-refractivity contribution in [1.82, 2.24) is 25.5 Å².